The Hall–Kier alpha value is -1.56. The van der Waals surface area contributed by atoms with Gasteiger partial charge in [-0.2, -0.15) is 0 Å². The molecular formula is C15H25NO5. The Bertz CT molecular complexity index is 426. The second-order valence-corrected chi connectivity index (χ2v) is 6.46. The van der Waals surface area contributed by atoms with Crippen LogP contribution in [0.2, 0.25) is 0 Å². The molecule has 1 N–H and O–H groups in total. The van der Waals surface area contributed by atoms with Gasteiger partial charge in [0.05, 0.1) is 18.1 Å². The Labute approximate surface area is 125 Å². The molecule has 0 aromatic heterocycles. The molecule has 0 aliphatic carbocycles. The lowest BCUT2D eigenvalue weighted by Gasteiger charge is -2.33. The van der Waals surface area contributed by atoms with Crippen LogP contribution in [-0.4, -0.2) is 53.5 Å². The molecule has 1 heterocycles. The van der Waals surface area contributed by atoms with Crippen LogP contribution in [0, 0.1) is 5.92 Å². The molecule has 120 valence electrons. The molecule has 1 rings (SSSR count). The highest BCUT2D eigenvalue weighted by atomic mass is 16.6. The minimum Gasteiger partial charge on any atom is -0.481 e. The van der Waals surface area contributed by atoms with Crippen molar-refractivity contribution in [1.29, 1.82) is 0 Å². The number of hydrogen-bond acceptors (Lipinski definition) is 4. The smallest absolute Gasteiger partial charge is 0.410 e. The van der Waals surface area contributed by atoms with E-state index in [0.29, 0.717) is 13.0 Å². The van der Waals surface area contributed by atoms with E-state index >= 15 is 0 Å². The lowest BCUT2D eigenvalue weighted by molar-refractivity contribution is -0.147. The maximum Gasteiger partial charge on any atom is 0.410 e. The highest BCUT2D eigenvalue weighted by Crippen LogP contribution is 2.30. The van der Waals surface area contributed by atoms with E-state index in [-0.39, 0.29) is 6.04 Å². The number of hydrogen-bond donors (Lipinski definition) is 1. The summed E-state index contributed by atoms with van der Waals surface area (Å²) >= 11 is 0. The van der Waals surface area contributed by atoms with Gasteiger partial charge in [-0.25, -0.2) is 4.79 Å². The van der Waals surface area contributed by atoms with Crippen molar-refractivity contribution in [3.8, 4) is 0 Å². The number of amides is 1. The highest BCUT2D eigenvalue weighted by Gasteiger charge is 2.42. The first-order chi connectivity index (χ1) is 9.56. The Morgan fingerprint density at radius 3 is 2.43 bits per heavy atom. The van der Waals surface area contributed by atoms with Gasteiger partial charge in [0, 0.05) is 13.7 Å². The summed E-state index contributed by atoms with van der Waals surface area (Å²) in [4.78, 5) is 25.0. The molecule has 0 aromatic carbocycles. The summed E-state index contributed by atoms with van der Waals surface area (Å²) in [7, 11) is 1.46. The van der Waals surface area contributed by atoms with Crippen LogP contribution in [0.1, 0.15) is 34.1 Å². The summed E-state index contributed by atoms with van der Waals surface area (Å²) < 4.78 is 10.7. The summed E-state index contributed by atoms with van der Waals surface area (Å²) in [6.07, 6.45) is -0.546. The molecule has 0 saturated carbocycles. The van der Waals surface area contributed by atoms with Gasteiger partial charge in [0.2, 0.25) is 0 Å². The van der Waals surface area contributed by atoms with Crippen LogP contribution in [0.5, 0.6) is 0 Å². The number of carbonyl (C=O) groups excluding carboxylic acids is 1. The van der Waals surface area contributed by atoms with Gasteiger partial charge in [0.1, 0.15) is 5.60 Å². The van der Waals surface area contributed by atoms with Crippen molar-refractivity contribution in [3.63, 3.8) is 0 Å². The number of likely N-dealkylation sites (tertiary alicyclic amines) is 1. The molecule has 0 radical (unpaired) electrons. The number of methoxy groups -OCH3 is 1. The van der Waals surface area contributed by atoms with Crippen molar-refractivity contribution in [2.24, 2.45) is 5.92 Å². The van der Waals surface area contributed by atoms with Crippen molar-refractivity contribution in [3.05, 3.63) is 12.2 Å². The number of nitrogens with zero attached hydrogens (tertiary/aromatic N) is 1. The van der Waals surface area contributed by atoms with Crippen molar-refractivity contribution in [2.75, 3.05) is 13.7 Å². The van der Waals surface area contributed by atoms with Crippen LogP contribution in [0.4, 0.5) is 4.79 Å². The van der Waals surface area contributed by atoms with Gasteiger partial charge in [-0.05, 0) is 34.1 Å². The topological polar surface area (TPSA) is 76.1 Å². The Morgan fingerprint density at radius 2 is 2.00 bits per heavy atom. The zero-order valence-corrected chi connectivity index (χ0v) is 13.4. The van der Waals surface area contributed by atoms with E-state index in [4.69, 9.17) is 9.47 Å². The average Bonchev–Trinajstić information content (AvgIpc) is 2.70. The van der Waals surface area contributed by atoms with Crippen molar-refractivity contribution in [2.45, 2.75) is 51.9 Å². The lowest BCUT2D eigenvalue weighted by atomic mass is 9.95. The average molecular weight is 299 g/mol. The van der Waals surface area contributed by atoms with Crippen LogP contribution in [0.3, 0.4) is 0 Å². The van der Waals surface area contributed by atoms with Crippen molar-refractivity contribution in [1.82, 2.24) is 4.90 Å². The predicted octanol–water partition coefficient (Wildman–Crippen LogP) is 2.29. The minimum atomic E-state index is -0.955. The Balaban J connectivity index is 2.94. The molecule has 1 aliphatic rings. The number of rotatable bonds is 4. The molecule has 6 heteroatoms. The van der Waals surface area contributed by atoms with E-state index in [2.05, 4.69) is 6.58 Å². The standard InChI is InChI=1S/C15H25NO5/c1-9-7-11(12(20-6)10(2)13(17)18)16(8-9)14(19)21-15(3,4)5/h10-12H,1,7-8H2,2-6H3,(H,17,18)/t10?,11-,12?/m0/s1. The molecule has 3 atom stereocenters. The van der Waals surface area contributed by atoms with Gasteiger partial charge in [0.25, 0.3) is 0 Å². The fraction of sp³-hybridized carbons (Fsp3) is 0.733. The number of carboxylic acids is 1. The largest absolute Gasteiger partial charge is 0.481 e. The van der Waals surface area contributed by atoms with E-state index < -0.39 is 29.7 Å². The molecule has 2 unspecified atom stereocenters. The summed E-state index contributed by atoms with van der Waals surface area (Å²) in [6, 6.07) is -0.372. The van der Waals surface area contributed by atoms with Crippen molar-refractivity contribution >= 4 is 12.1 Å². The molecule has 0 spiro atoms. The third kappa shape index (κ3) is 4.46. The summed E-state index contributed by atoms with van der Waals surface area (Å²) in [6.45, 7) is 11.2. The molecule has 6 nitrogen and oxygen atoms in total. The summed E-state index contributed by atoms with van der Waals surface area (Å²) in [5, 5.41) is 9.18. The first-order valence-corrected chi connectivity index (χ1v) is 6.98. The highest BCUT2D eigenvalue weighted by molar-refractivity contribution is 5.72. The van der Waals surface area contributed by atoms with Gasteiger partial charge >= 0.3 is 12.1 Å². The van der Waals surface area contributed by atoms with Gasteiger partial charge < -0.3 is 14.6 Å². The van der Waals surface area contributed by atoms with E-state index in [0.717, 1.165) is 5.57 Å². The zero-order chi connectivity index (χ0) is 16.4. The first kappa shape index (κ1) is 17.5. The van der Waals surface area contributed by atoms with Gasteiger partial charge in [-0.3, -0.25) is 9.69 Å². The van der Waals surface area contributed by atoms with Crippen molar-refractivity contribution < 1.29 is 24.2 Å². The van der Waals surface area contributed by atoms with Gasteiger partial charge in [-0.15, -0.1) is 0 Å². The Kier molecular flexibility index (Phi) is 5.39. The zero-order valence-electron chi connectivity index (χ0n) is 13.4. The fourth-order valence-corrected chi connectivity index (χ4v) is 2.48. The maximum absolute atomic E-state index is 12.3. The van der Waals surface area contributed by atoms with E-state index in [1.54, 1.807) is 27.7 Å². The minimum absolute atomic E-state index is 0.367. The summed E-state index contributed by atoms with van der Waals surface area (Å²) in [5.41, 5.74) is 0.262. The SMILES string of the molecule is C=C1C[C@@H](C(OC)C(C)C(=O)O)N(C(=O)OC(C)(C)C)C1. The van der Waals surface area contributed by atoms with E-state index in [1.165, 1.54) is 12.0 Å². The molecular weight excluding hydrogens is 274 g/mol. The van der Waals surface area contributed by atoms with Gasteiger partial charge in [0.15, 0.2) is 0 Å². The van der Waals surface area contributed by atoms with Gasteiger partial charge in [-0.1, -0.05) is 12.2 Å². The number of carboxylic acid groups (broad SMARTS) is 1. The summed E-state index contributed by atoms with van der Waals surface area (Å²) in [5.74, 6) is -1.68. The molecule has 21 heavy (non-hydrogen) atoms. The monoisotopic (exact) mass is 299 g/mol. The van der Waals surface area contributed by atoms with Crippen LogP contribution >= 0.6 is 0 Å². The Morgan fingerprint density at radius 1 is 1.43 bits per heavy atom. The van der Waals surface area contributed by atoms with Crippen LogP contribution in [-0.2, 0) is 14.3 Å². The number of aliphatic carboxylic acids is 1. The second kappa shape index (κ2) is 6.47. The van der Waals surface area contributed by atoms with E-state index in [9.17, 15) is 14.7 Å². The van der Waals surface area contributed by atoms with Crippen LogP contribution in [0.15, 0.2) is 12.2 Å². The number of carbonyl (C=O) groups is 2. The normalized spacial score (nSPS) is 22.0. The maximum atomic E-state index is 12.3. The van der Waals surface area contributed by atoms with Crippen LogP contribution in [0.25, 0.3) is 0 Å². The molecule has 0 bridgehead atoms. The molecule has 0 aromatic rings. The third-order valence-electron chi connectivity index (χ3n) is 3.45. The molecule has 1 aliphatic heterocycles. The van der Waals surface area contributed by atoms with E-state index in [1.807, 2.05) is 0 Å². The number of ether oxygens (including phenoxy) is 2. The lowest BCUT2D eigenvalue weighted by Crippen LogP contribution is -2.49. The quantitative estimate of drug-likeness (QED) is 0.806. The second-order valence-electron chi connectivity index (χ2n) is 6.46. The third-order valence-corrected chi connectivity index (χ3v) is 3.45. The molecule has 1 amide bonds. The fourth-order valence-electron chi connectivity index (χ4n) is 2.48. The molecule has 1 saturated heterocycles. The molecule has 1 fully saturated rings. The predicted molar refractivity (Wildman–Crippen MR) is 78.1 cm³/mol. The first-order valence-electron chi connectivity index (χ1n) is 6.98. The van der Waals surface area contributed by atoms with Crippen LogP contribution < -0.4 is 0 Å².